The zero-order chi connectivity index (χ0) is 13.1. The van der Waals surface area contributed by atoms with Gasteiger partial charge in [-0.2, -0.15) is 0 Å². The maximum absolute atomic E-state index is 13.6. The average molecular weight is 250 g/mol. The number of aliphatic hydroxyl groups excluding tert-OH is 1. The Morgan fingerprint density at radius 2 is 2.06 bits per heavy atom. The third-order valence-corrected chi connectivity index (χ3v) is 4.44. The van der Waals surface area contributed by atoms with E-state index in [1.807, 2.05) is 6.07 Å². The molecule has 1 aliphatic rings. The van der Waals surface area contributed by atoms with E-state index in [9.17, 15) is 9.50 Å². The molecule has 18 heavy (non-hydrogen) atoms. The van der Waals surface area contributed by atoms with Gasteiger partial charge in [0.05, 0.1) is 6.10 Å². The molecule has 1 aliphatic carbocycles. The summed E-state index contributed by atoms with van der Waals surface area (Å²) < 4.78 is 13.6. The van der Waals surface area contributed by atoms with Crippen LogP contribution in [0, 0.1) is 24.6 Å². The molecule has 1 aromatic rings. The minimum absolute atomic E-state index is 0.213. The Morgan fingerprint density at radius 3 is 2.72 bits per heavy atom. The Morgan fingerprint density at radius 1 is 1.33 bits per heavy atom. The molecule has 0 heterocycles. The monoisotopic (exact) mass is 250 g/mol. The third kappa shape index (κ3) is 2.74. The Bertz CT molecular complexity index is 402. The molecule has 0 spiro atoms. The van der Waals surface area contributed by atoms with Gasteiger partial charge < -0.3 is 5.11 Å². The number of halogens is 1. The lowest BCUT2D eigenvalue weighted by Crippen LogP contribution is -2.25. The van der Waals surface area contributed by atoms with E-state index in [0.29, 0.717) is 17.4 Å². The summed E-state index contributed by atoms with van der Waals surface area (Å²) in [6, 6.07) is 5.13. The van der Waals surface area contributed by atoms with Crippen molar-refractivity contribution in [3.63, 3.8) is 0 Å². The van der Waals surface area contributed by atoms with Crippen LogP contribution in [-0.2, 0) is 0 Å². The zero-order valence-electron chi connectivity index (χ0n) is 11.3. The van der Waals surface area contributed by atoms with Gasteiger partial charge in [0.1, 0.15) is 5.82 Å². The summed E-state index contributed by atoms with van der Waals surface area (Å²) >= 11 is 0. The van der Waals surface area contributed by atoms with Gasteiger partial charge in [0, 0.05) is 0 Å². The van der Waals surface area contributed by atoms with E-state index in [1.54, 1.807) is 13.0 Å². The van der Waals surface area contributed by atoms with E-state index in [1.165, 1.54) is 25.3 Å². The first-order valence-electron chi connectivity index (χ1n) is 7.07. The van der Waals surface area contributed by atoms with Gasteiger partial charge in [-0.15, -0.1) is 0 Å². The first-order valence-corrected chi connectivity index (χ1v) is 7.07. The summed E-state index contributed by atoms with van der Waals surface area (Å²) in [5.41, 5.74) is 1.38. The number of benzene rings is 1. The normalized spacial score (nSPS) is 26.0. The van der Waals surface area contributed by atoms with Crippen molar-refractivity contribution in [2.24, 2.45) is 11.8 Å². The van der Waals surface area contributed by atoms with Gasteiger partial charge in [0.2, 0.25) is 0 Å². The Hall–Kier alpha value is -0.890. The molecule has 3 unspecified atom stereocenters. The first-order chi connectivity index (χ1) is 8.63. The minimum atomic E-state index is -0.509. The maximum atomic E-state index is 13.6. The van der Waals surface area contributed by atoms with E-state index in [-0.39, 0.29) is 5.82 Å². The zero-order valence-corrected chi connectivity index (χ0v) is 11.3. The SMILES string of the molecule is CCC1CCCCC1C(O)c1ccc(C)c(F)c1. The molecule has 0 bridgehead atoms. The Kier molecular flexibility index (Phi) is 4.39. The van der Waals surface area contributed by atoms with Gasteiger partial charge in [-0.25, -0.2) is 4.39 Å². The molecule has 0 amide bonds. The van der Waals surface area contributed by atoms with Gasteiger partial charge in [0.15, 0.2) is 0 Å². The van der Waals surface area contributed by atoms with Crippen LogP contribution in [0.3, 0.4) is 0 Å². The van der Waals surface area contributed by atoms with Crippen molar-refractivity contribution in [1.29, 1.82) is 0 Å². The van der Waals surface area contributed by atoms with Crippen molar-refractivity contribution in [3.8, 4) is 0 Å². The van der Waals surface area contributed by atoms with Crippen molar-refractivity contribution >= 4 is 0 Å². The molecular formula is C16H23FO. The van der Waals surface area contributed by atoms with Gasteiger partial charge in [0.25, 0.3) is 0 Å². The highest BCUT2D eigenvalue weighted by atomic mass is 19.1. The third-order valence-electron chi connectivity index (χ3n) is 4.44. The molecule has 0 saturated heterocycles. The lowest BCUT2D eigenvalue weighted by molar-refractivity contribution is 0.0450. The topological polar surface area (TPSA) is 20.2 Å². The van der Waals surface area contributed by atoms with Crippen LogP contribution in [0.2, 0.25) is 0 Å². The number of aryl methyl sites for hydroxylation is 1. The smallest absolute Gasteiger partial charge is 0.126 e. The summed E-state index contributed by atoms with van der Waals surface area (Å²) in [4.78, 5) is 0. The summed E-state index contributed by atoms with van der Waals surface area (Å²) in [6.07, 6.45) is 5.32. The van der Waals surface area contributed by atoms with Crippen LogP contribution in [0.5, 0.6) is 0 Å². The quantitative estimate of drug-likeness (QED) is 0.843. The molecule has 1 fully saturated rings. The second-order valence-electron chi connectivity index (χ2n) is 5.57. The fraction of sp³-hybridized carbons (Fsp3) is 0.625. The van der Waals surface area contributed by atoms with Gasteiger partial charge in [-0.1, -0.05) is 44.7 Å². The highest BCUT2D eigenvalue weighted by Gasteiger charge is 2.30. The van der Waals surface area contributed by atoms with Crippen LogP contribution in [0.4, 0.5) is 4.39 Å². The van der Waals surface area contributed by atoms with Crippen molar-refractivity contribution in [2.45, 2.75) is 52.1 Å². The van der Waals surface area contributed by atoms with Crippen LogP contribution in [0.25, 0.3) is 0 Å². The number of hydrogen-bond acceptors (Lipinski definition) is 1. The summed E-state index contributed by atoms with van der Waals surface area (Å²) in [6.45, 7) is 3.94. The highest BCUT2D eigenvalue weighted by molar-refractivity contribution is 5.25. The van der Waals surface area contributed by atoms with E-state index in [0.717, 1.165) is 18.4 Å². The Balaban J connectivity index is 2.18. The summed E-state index contributed by atoms with van der Waals surface area (Å²) in [5, 5.41) is 10.5. The standard InChI is InChI=1S/C16H23FO/c1-3-12-6-4-5-7-14(12)16(18)13-9-8-11(2)15(17)10-13/h8-10,12,14,16,18H,3-7H2,1-2H3. The average Bonchev–Trinajstić information content (AvgIpc) is 2.41. The number of hydrogen-bond donors (Lipinski definition) is 1. The fourth-order valence-electron chi connectivity index (χ4n) is 3.20. The van der Waals surface area contributed by atoms with Crippen molar-refractivity contribution < 1.29 is 9.50 Å². The molecule has 0 aromatic heterocycles. The van der Waals surface area contributed by atoms with Crippen LogP contribution in [-0.4, -0.2) is 5.11 Å². The highest BCUT2D eigenvalue weighted by Crippen LogP contribution is 2.40. The van der Waals surface area contributed by atoms with Gasteiger partial charge in [-0.05, 0) is 42.4 Å². The van der Waals surface area contributed by atoms with E-state index >= 15 is 0 Å². The Labute approximate surface area is 109 Å². The molecule has 0 aliphatic heterocycles. The van der Waals surface area contributed by atoms with Crippen LogP contribution in [0.1, 0.15) is 56.3 Å². The molecule has 1 N–H and O–H groups in total. The molecule has 0 radical (unpaired) electrons. The molecule has 2 heteroatoms. The van der Waals surface area contributed by atoms with E-state index in [2.05, 4.69) is 6.92 Å². The molecule has 3 atom stereocenters. The number of rotatable bonds is 3. The molecule has 2 rings (SSSR count). The summed E-state index contributed by atoms with van der Waals surface area (Å²) in [5.74, 6) is 0.666. The molecule has 1 nitrogen and oxygen atoms in total. The molecular weight excluding hydrogens is 227 g/mol. The van der Waals surface area contributed by atoms with Crippen LogP contribution >= 0.6 is 0 Å². The molecule has 1 aromatic carbocycles. The largest absolute Gasteiger partial charge is 0.388 e. The van der Waals surface area contributed by atoms with E-state index in [4.69, 9.17) is 0 Å². The van der Waals surface area contributed by atoms with E-state index < -0.39 is 6.10 Å². The summed E-state index contributed by atoms with van der Waals surface area (Å²) in [7, 11) is 0. The lowest BCUT2D eigenvalue weighted by Gasteiger charge is -2.34. The molecule has 100 valence electrons. The van der Waals surface area contributed by atoms with Gasteiger partial charge >= 0.3 is 0 Å². The minimum Gasteiger partial charge on any atom is -0.388 e. The number of aliphatic hydroxyl groups is 1. The predicted molar refractivity (Wildman–Crippen MR) is 71.8 cm³/mol. The fourth-order valence-corrected chi connectivity index (χ4v) is 3.20. The van der Waals surface area contributed by atoms with Crippen molar-refractivity contribution in [3.05, 3.63) is 35.1 Å². The lowest BCUT2D eigenvalue weighted by atomic mass is 9.73. The van der Waals surface area contributed by atoms with Crippen LogP contribution in [0.15, 0.2) is 18.2 Å². The maximum Gasteiger partial charge on any atom is 0.126 e. The van der Waals surface area contributed by atoms with Gasteiger partial charge in [-0.3, -0.25) is 0 Å². The first kappa shape index (κ1) is 13.5. The second-order valence-corrected chi connectivity index (χ2v) is 5.57. The second kappa shape index (κ2) is 5.83. The van der Waals surface area contributed by atoms with Crippen molar-refractivity contribution in [1.82, 2.24) is 0 Å². The molecule has 1 saturated carbocycles. The van der Waals surface area contributed by atoms with Crippen LogP contribution < -0.4 is 0 Å². The van der Waals surface area contributed by atoms with Crippen molar-refractivity contribution in [2.75, 3.05) is 0 Å². The predicted octanol–water partition coefficient (Wildman–Crippen LogP) is 4.38.